The first-order chi connectivity index (χ1) is 16.3. The van der Waals surface area contributed by atoms with Crippen molar-refractivity contribution in [3.8, 4) is 0 Å². The molecule has 9 nitrogen and oxygen atoms in total. The molecule has 0 aliphatic heterocycles. The van der Waals surface area contributed by atoms with Crippen LogP contribution in [0.4, 0.5) is 26.4 Å². The van der Waals surface area contributed by atoms with Gasteiger partial charge in [-0.1, -0.05) is 11.6 Å². The van der Waals surface area contributed by atoms with Gasteiger partial charge in [-0.05, 0) is 50.7 Å². The lowest BCUT2D eigenvalue weighted by Crippen LogP contribution is -2.39. The van der Waals surface area contributed by atoms with E-state index in [9.17, 15) is 18.7 Å². The van der Waals surface area contributed by atoms with Gasteiger partial charge >= 0.3 is 0 Å². The molecule has 0 bridgehead atoms. The van der Waals surface area contributed by atoms with Gasteiger partial charge in [-0.25, -0.2) is 18.7 Å². The lowest BCUT2D eigenvalue weighted by molar-refractivity contribution is -0.122. The molecule has 1 amide bonds. The minimum absolute atomic E-state index is 0.0714. The van der Waals surface area contributed by atoms with E-state index >= 15 is 0 Å². The van der Waals surface area contributed by atoms with Gasteiger partial charge in [0.1, 0.15) is 17.0 Å². The summed E-state index contributed by atoms with van der Waals surface area (Å²) >= 11 is 5.86. The first-order valence-corrected chi connectivity index (χ1v) is 11.6. The Kier molecular flexibility index (Phi) is 5.98. The van der Waals surface area contributed by atoms with Crippen LogP contribution in [0, 0.1) is 17.6 Å². The lowest BCUT2D eigenvalue weighted by atomic mass is 9.85. The van der Waals surface area contributed by atoms with Crippen LogP contribution in [0.1, 0.15) is 44.6 Å². The first-order valence-electron chi connectivity index (χ1n) is 11.2. The van der Waals surface area contributed by atoms with Crippen molar-refractivity contribution in [2.45, 2.75) is 56.7 Å². The van der Waals surface area contributed by atoms with E-state index in [-0.39, 0.29) is 41.0 Å². The number of nitrogens with one attached hydrogen (secondary N) is 2. The number of nitrogens with zero attached hydrogens (tertiary/aromatic N) is 4. The van der Waals surface area contributed by atoms with Gasteiger partial charge in [0.05, 0.1) is 17.3 Å². The molecule has 2 saturated carbocycles. The van der Waals surface area contributed by atoms with Crippen LogP contribution >= 0.6 is 11.6 Å². The Labute approximate surface area is 198 Å². The van der Waals surface area contributed by atoms with E-state index in [0.717, 1.165) is 12.1 Å². The highest BCUT2D eigenvalue weighted by atomic mass is 35.5. The molecule has 0 spiro atoms. The first kappa shape index (κ1) is 22.7. The van der Waals surface area contributed by atoms with Gasteiger partial charge < -0.3 is 21.5 Å². The molecule has 2 heterocycles. The number of hydrogen-bond acceptors (Lipinski definition) is 7. The van der Waals surface area contributed by atoms with Crippen LogP contribution in [-0.2, 0) is 4.79 Å². The summed E-state index contributed by atoms with van der Waals surface area (Å²) in [6.07, 6.45) is 4.86. The minimum atomic E-state index is -0.922. The summed E-state index contributed by atoms with van der Waals surface area (Å²) in [6, 6.07) is 2.17. The van der Waals surface area contributed by atoms with Crippen molar-refractivity contribution >= 4 is 46.3 Å². The standard InChI is InChI=1S/C22H24ClF2N7O2/c23-14-5-6-15(24)18(17(14)25)30-22-29-16-9-27-21(28-11-7-13(33)8-11)31-20(16)32(22)12-3-1-10(2-4-12)19(26)34/h5-6,9-13,33H,1-4,7-8H2,(H2,26,34)(H,29,30)(H,27,28,31)/t10-,11-,12-,13-. The third-order valence-electron chi connectivity index (χ3n) is 6.62. The molecule has 34 heavy (non-hydrogen) atoms. The smallest absolute Gasteiger partial charge is 0.224 e. The number of rotatable bonds is 6. The van der Waals surface area contributed by atoms with Gasteiger partial charge in [0, 0.05) is 18.0 Å². The Hall–Kier alpha value is -3.05. The van der Waals surface area contributed by atoms with Crippen molar-refractivity contribution in [1.29, 1.82) is 0 Å². The maximum Gasteiger partial charge on any atom is 0.224 e. The SMILES string of the molecule is NC(=O)[C@H]1CC[C@H](n2c(Nc3c(F)ccc(Cl)c3F)nc3cnc(N[C@H]4C[C@H](O)C4)nc32)CC1. The highest BCUT2D eigenvalue weighted by Gasteiger charge is 2.31. The Morgan fingerprint density at radius 2 is 1.91 bits per heavy atom. The number of aliphatic hydroxyl groups is 1. The zero-order valence-corrected chi connectivity index (χ0v) is 18.9. The van der Waals surface area contributed by atoms with Crippen molar-refractivity contribution in [2.24, 2.45) is 11.7 Å². The predicted molar refractivity (Wildman–Crippen MR) is 123 cm³/mol. The molecule has 2 aromatic heterocycles. The van der Waals surface area contributed by atoms with Gasteiger partial charge in [0.25, 0.3) is 0 Å². The second kappa shape index (κ2) is 8.95. The fourth-order valence-electron chi connectivity index (χ4n) is 4.65. The predicted octanol–water partition coefficient (Wildman–Crippen LogP) is 3.65. The Morgan fingerprint density at radius 3 is 2.59 bits per heavy atom. The number of anilines is 3. The van der Waals surface area contributed by atoms with Gasteiger partial charge in [-0.3, -0.25) is 9.36 Å². The summed E-state index contributed by atoms with van der Waals surface area (Å²) in [5.74, 6) is -1.69. The van der Waals surface area contributed by atoms with Crippen LogP contribution in [0.3, 0.4) is 0 Å². The molecule has 2 aliphatic carbocycles. The Bertz CT molecular complexity index is 1240. The molecule has 5 rings (SSSR count). The number of aromatic nitrogens is 4. The molecule has 2 aliphatic rings. The fourth-order valence-corrected chi connectivity index (χ4v) is 4.81. The average Bonchev–Trinajstić information content (AvgIpc) is 3.15. The van der Waals surface area contributed by atoms with Crippen LogP contribution in [0.25, 0.3) is 11.2 Å². The monoisotopic (exact) mass is 491 g/mol. The maximum atomic E-state index is 14.6. The number of aliphatic hydroxyl groups excluding tert-OH is 1. The number of hydrogen-bond donors (Lipinski definition) is 4. The summed E-state index contributed by atoms with van der Waals surface area (Å²) in [7, 11) is 0. The Morgan fingerprint density at radius 1 is 1.18 bits per heavy atom. The molecule has 0 unspecified atom stereocenters. The zero-order chi connectivity index (χ0) is 24.0. The van der Waals surface area contributed by atoms with Crippen LogP contribution in [-0.4, -0.2) is 42.7 Å². The van der Waals surface area contributed by atoms with E-state index in [1.807, 2.05) is 0 Å². The second-order valence-corrected chi connectivity index (χ2v) is 9.33. The van der Waals surface area contributed by atoms with Crippen molar-refractivity contribution in [1.82, 2.24) is 19.5 Å². The minimum Gasteiger partial charge on any atom is -0.393 e. The fraction of sp³-hybridized carbons (Fsp3) is 0.455. The van der Waals surface area contributed by atoms with Crippen LogP contribution < -0.4 is 16.4 Å². The molecular formula is C22H24ClF2N7O2. The lowest BCUT2D eigenvalue weighted by Gasteiger charge is -2.32. The number of carbonyl (C=O) groups excluding carboxylic acids is 1. The average molecular weight is 492 g/mol. The van der Waals surface area contributed by atoms with Gasteiger partial charge in [0.15, 0.2) is 11.5 Å². The van der Waals surface area contributed by atoms with E-state index in [4.69, 9.17) is 17.3 Å². The van der Waals surface area contributed by atoms with E-state index in [0.29, 0.717) is 55.6 Å². The van der Waals surface area contributed by atoms with Crippen molar-refractivity contribution in [3.05, 3.63) is 35.0 Å². The molecule has 5 N–H and O–H groups in total. The van der Waals surface area contributed by atoms with E-state index in [2.05, 4.69) is 25.6 Å². The van der Waals surface area contributed by atoms with Crippen LogP contribution in [0.2, 0.25) is 5.02 Å². The summed E-state index contributed by atoms with van der Waals surface area (Å²) in [5.41, 5.74) is 6.01. The third-order valence-corrected chi connectivity index (χ3v) is 6.92. The molecule has 180 valence electrons. The summed E-state index contributed by atoms with van der Waals surface area (Å²) < 4.78 is 30.9. The number of imidazole rings is 1. The second-order valence-electron chi connectivity index (χ2n) is 8.93. The number of primary amides is 1. The normalized spacial score (nSPS) is 24.6. The van der Waals surface area contributed by atoms with Gasteiger partial charge in [-0.2, -0.15) is 4.98 Å². The summed E-state index contributed by atoms with van der Waals surface area (Å²) in [6.45, 7) is 0. The number of carbonyl (C=O) groups is 1. The highest BCUT2D eigenvalue weighted by molar-refractivity contribution is 6.31. The number of fused-ring (bicyclic) bond motifs is 1. The number of halogens is 3. The number of amides is 1. The molecule has 12 heteroatoms. The molecule has 3 aromatic rings. The van der Waals surface area contributed by atoms with Crippen LogP contribution in [0.5, 0.6) is 0 Å². The number of nitrogens with two attached hydrogens (primary N) is 1. The zero-order valence-electron chi connectivity index (χ0n) is 18.1. The third kappa shape index (κ3) is 4.25. The van der Waals surface area contributed by atoms with Gasteiger partial charge in [0.2, 0.25) is 17.8 Å². The van der Waals surface area contributed by atoms with E-state index in [1.54, 1.807) is 10.8 Å². The molecule has 0 radical (unpaired) electrons. The quantitative estimate of drug-likeness (QED) is 0.387. The van der Waals surface area contributed by atoms with E-state index < -0.39 is 17.3 Å². The van der Waals surface area contributed by atoms with Crippen molar-refractivity contribution in [2.75, 3.05) is 10.6 Å². The Balaban J connectivity index is 1.53. The van der Waals surface area contributed by atoms with Crippen molar-refractivity contribution in [3.63, 3.8) is 0 Å². The summed E-state index contributed by atoms with van der Waals surface area (Å²) in [5, 5.41) is 15.3. The maximum absolute atomic E-state index is 14.6. The largest absolute Gasteiger partial charge is 0.393 e. The van der Waals surface area contributed by atoms with E-state index in [1.165, 1.54) is 0 Å². The topological polar surface area (TPSA) is 131 Å². The highest BCUT2D eigenvalue weighted by Crippen LogP contribution is 2.38. The van der Waals surface area contributed by atoms with Gasteiger partial charge in [-0.15, -0.1) is 0 Å². The molecular weight excluding hydrogens is 468 g/mol. The molecule has 0 saturated heterocycles. The van der Waals surface area contributed by atoms with Crippen LogP contribution in [0.15, 0.2) is 18.3 Å². The molecule has 1 aromatic carbocycles. The van der Waals surface area contributed by atoms with Crippen molar-refractivity contribution < 1.29 is 18.7 Å². The number of benzene rings is 1. The molecule has 0 atom stereocenters. The summed E-state index contributed by atoms with van der Waals surface area (Å²) in [4.78, 5) is 25.1. The molecule has 2 fully saturated rings.